The van der Waals surface area contributed by atoms with Crippen LogP contribution in [0.5, 0.6) is 0 Å². The summed E-state index contributed by atoms with van der Waals surface area (Å²) in [6.45, 7) is 6.62. The average molecular weight is 266 g/mol. The van der Waals surface area contributed by atoms with E-state index in [1.807, 2.05) is 6.07 Å². The summed E-state index contributed by atoms with van der Waals surface area (Å²) in [5, 5.41) is 4.50. The van der Waals surface area contributed by atoms with Crippen LogP contribution in [0, 0.1) is 0 Å². The molecule has 2 heterocycles. The predicted molar refractivity (Wildman–Crippen MR) is 81.5 cm³/mol. The fraction of sp³-hybridized carbons (Fsp3) is 0.250. The summed E-state index contributed by atoms with van der Waals surface area (Å²) in [7, 11) is 0. The number of fused-ring (bicyclic) bond motifs is 1. The maximum absolute atomic E-state index is 5.89. The van der Waals surface area contributed by atoms with Gasteiger partial charge in [-0.15, -0.1) is 0 Å². The number of benzene rings is 1. The predicted octanol–water partition coefficient (Wildman–Crippen LogP) is 3.28. The smallest absolute Gasteiger partial charge is 0.157 e. The Balaban J connectivity index is 2.05. The molecule has 0 saturated carbocycles. The second-order valence-corrected chi connectivity index (χ2v) is 6.00. The van der Waals surface area contributed by atoms with Crippen molar-refractivity contribution in [2.75, 3.05) is 5.73 Å². The molecular weight excluding hydrogens is 248 g/mol. The van der Waals surface area contributed by atoms with Gasteiger partial charge < -0.3 is 5.73 Å². The number of rotatable bonds is 1. The Morgan fingerprint density at radius 2 is 1.75 bits per heavy atom. The van der Waals surface area contributed by atoms with Crippen LogP contribution in [0.3, 0.4) is 0 Å². The molecule has 3 aromatic rings. The number of hydrogen-bond acceptors (Lipinski definition) is 3. The third-order valence-electron chi connectivity index (χ3n) is 3.43. The summed E-state index contributed by atoms with van der Waals surface area (Å²) in [5.41, 5.74) is 10.1. The van der Waals surface area contributed by atoms with E-state index in [2.05, 4.69) is 55.1 Å². The molecule has 4 heteroatoms. The Labute approximate surface area is 118 Å². The lowest BCUT2D eigenvalue weighted by Gasteiger charge is -2.18. The van der Waals surface area contributed by atoms with Crippen molar-refractivity contribution in [1.29, 1.82) is 0 Å². The number of nitrogen functional groups attached to an aromatic ring is 1. The van der Waals surface area contributed by atoms with Crippen LogP contribution in [0.15, 0.2) is 42.6 Å². The van der Waals surface area contributed by atoms with Crippen LogP contribution in [0.4, 0.5) is 5.82 Å². The van der Waals surface area contributed by atoms with Crippen molar-refractivity contribution in [2.45, 2.75) is 26.2 Å². The summed E-state index contributed by atoms with van der Waals surface area (Å²) < 4.78 is 1.66. The molecule has 0 aliphatic carbocycles. The molecule has 0 radical (unpaired) electrons. The van der Waals surface area contributed by atoms with Gasteiger partial charge in [-0.1, -0.05) is 45.0 Å². The van der Waals surface area contributed by atoms with Crippen LogP contribution in [0.1, 0.15) is 26.3 Å². The largest absolute Gasteiger partial charge is 0.384 e. The Morgan fingerprint density at radius 3 is 2.35 bits per heavy atom. The first kappa shape index (κ1) is 12.7. The molecule has 0 aliphatic rings. The molecule has 1 aromatic carbocycles. The molecule has 3 rings (SSSR count). The summed E-state index contributed by atoms with van der Waals surface area (Å²) in [5.74, 6) is 0.590. The molecule has 0 unspecified atom stereocenters. The Morgan fingerprint density at radius 1 is 1.05 bits per heavy atom. The Kier molecular flexibility index (Phi) is 2.74. The van der Waals surface area contributed by atoms with E-state index in [4.69, 9.17) is 5.73 Å². The third kappa shape index (κ3) is 2.13. The summed E-state index contributed by atoms with van der Waals surface area (Å²) in [6.07, 6.45) is 1.69. The van der Waals surface area contributed by atoms with E-state index < -0.39 is 0 Å². The van der Waals surface area contributed by atoms with Crippen LogP contribution in [-0.2, 0) is 5.41 Å². The van der Waals surface area contributed by atoms with Crippen LogP contribution >= 0.6 is 0 Å². The van der Waals surface area contributed by atoms with E-state index in [-0.39, 0.29) is 5.41 Å². The Bertz CT molecular complexity index is 748. The monoisotopic (exact) mass is 266 g/mol. The van der Waals surface area contributed by atoms with Crippen molar-refractivity contribution in [3.05, 3.63) is 48.2 Å². The van der Waals surface area contributed by atoms with Gasteiger partial charge in [0.2, 0.25) is 0 Å². The van der Waals surface area contributed by atoms with E-state index >= 15 is 0 Å². The quantitative estimate of drug-likeness (QED) is 0.735. The van der Waals surface area contributed by atoms with E-state index in [9.17, 15) is 0 Å². The molecule has 0 aliphatic heterocycles. The van der Waals surface area contributed by atoms with Gasteiger partial charge in [-0.2, -0.15) is 9.61 Å². The molecule has 2 N–H and O–H groups in total. The first-order chi connectivity index (χ1) is 9.45. The molecule has 0 atom stereocenters. The first-order valence-electron chi connectivity index (χ1n) is 6.66. The fourth-order valence-electron chi connectivity index (χ4n) is 2.20. The van der Waals surface area contributed by atoms with Crippen molar-refractivity contribution in [2.24, 2.45) is 0 Å². The normalized spacial score (nSPS) is 11.9. The van der Waals surface area contributed by atoms with Gasteiger partial charge in [-0.3, -0.25) is 0 Å². The summed E-state index contributed by atoms with van der Waals surface area (Å²) >= 11 is 0. The maximum Gasteiger partial charge on any atom is 0.157 e. The third-order valence-corrected chi connectivity index (χ3v) is 3.43. The van der Waals surface area contributed by atoms with E-state index in [0.717, 1.165) is 16.9 Å². The van der Waals surface area contributed by atoms with Gasteiger partial charge in [0.15, 0.2) is 5.65 Å². The minimum atomic E-state index is 0.156. The summed E-state index contributed by atoms with van der Waals surface area (Å²) in [6, 6.07) is 12.2. The van der Waals surface area contributed by atoms with Crippen LogP contribution in [0.2, 0.25) is 0 Å². The van der Waals surface area contributed by atoms with Crippen molar-refractivity contribution in [1.82, 2.24) is 14.6 Å². The Hall–Kier alpha value is -2.36. The molecule has 20 heavy (non-hydrogen) atoms. The number of hydrogen-bond donors (Lipinski definition) is 1. The van der Waals surface area contributed by atoms with E-state index in [0.29, 0.717) is 5.82 Å². The second-order valence-electron chi connectivity index (χ2n) is 6.00. The molecule has 4 nitrogen and oxygen atoms in total. The van der Waals surface area contributed by atoms with E-state index in [1.165, 1.54) is 5.56 Å². The molecular formula is C16H18N4. The van der Waals surface area contributed by atoms with Gasteiger partial charge >= 0.3 is 0 Å². The molecule has 2 aromatic heterocycles. The minimum Gasteiger partial charge on any atom is -0.384 e. The number of anilines is 1. The highest BCUT2D eigenvalue weighted by Gasteiger charge is 2.14. The zero-order valence-corrected chi connectivity index (χ0v) is 12.0. The fourth-order valence-corrected chi connectivity index (χ4v) is 2.20. The zero-order valence-electron chi connectivity index (χ0n) is 12.0. The molecule has 102 valence electrons. The lowest BCUT2D eigenvalue weighted by atomic mass is 9.86. The minimum absolute atomic E-state index is 0.156. The van der Waals surface area contributed by atoms with Gasteiger partial charge in [0.05, 0.1) is 5.69 Å². The molecule has 0 fully saturated rings. The molecule has 0 spiro atoms. The molecule has 0 saturated heterocycles. The lowest BCUT2D eigenvalue weighted by Crippen LogP contribution is -2.10. The highest BCUT2D eigenvalue weighted by Crippen LogP contribution is 2.26. The van der Waals surface area contributed by atoms with Gasteiger partial charge in [0.25, 0.3) is 0 Å². The van der Waals surface area contributed by atoms with Crippen LogP contribution in [-0.4, -0.2) is 14.6 Å². The van der Waals surface area contributed by atoms with Gasteiger partial charge in [0.1, 0.15) is 5.82 Å². The van der Waals surface area contributed by atoms with E-state index in [1.54, 1.807) is 16.8 Å². The molecule has 0 bridgehead atoms. The number of nitrogens with two attached hydrogens (primary N) is 1. The molecule has 0 amide bonds. The standard InChI is InChI=1S/C16H18N4/c1-16(2,3)12-6-4-11(5-7-12)13-10-15-18-9-8-14(17)20(15)19-13/h4-10H,17H2,1-3H3. The first-order valence-corrected chi connectivity index (χ1v) is 6.66. The van der Waals surface area contributed by atoms with Crippen molar-refractivity contribution >= 4 is 11.5 Å². The lowest BCUT2D eigenvalue weighted by molar-refractivity contribution is 0.590. The average Bonchev–Trinajstić information content (AvgIpc) is 2.83. The van der Waals surface area contributed by atoms with Crippen molar-refractivity contribution < 1.29 is 0 Å². The van der Waals surface area contributed by atoms with Crippen molar-refractivity contribution in [3.63, 3.8) is 0 Å². The van der Waals surface area contributed by atoms with Crippen LogP contribution in [0.25, 0.3) is 16.9 Å². The highest BCUT2D eigenvalue weighted by molar-refractivity contribution is 5.65. The van der Waals surface area contributed by atoms with Gasteiger partial charge in [-0.25, -0.2) is 4.98 Å². The summed E-state index contributed by atoms with van der Waals surface area (Å²) in [4.78, 5) is 4.27. The van der Waals surface area contributed by atoms with Gasteiger partial charge in [0, 0.05) is 17.8 Å². The van der Waals surface area contributed by atoms with Crippen LogP contribution < -0.4 is 5.73 Å². The zero-order chi connectivity index (χ0) is 14.3. The SMILES string of the molecule is CC(C)(C)c1ccc(-c2cc3nccc(N)n3n2)cc1. The second kappa shape index (κ2) is 4.34. The maximum atomic E-state index is 5.89. The highest BCUT2D eigenvalue weighted by atomic mass is 15.3. The van der Waals surface area contributed by atoms with Gasteiger partial charge in [-0.05, 0) is 17.0 Å². The number of nitrogens with zero attached hydrogens (tertiary/aromatic N) is 3. The van der Waals surface area contributed by atoms with Crippen molar-refractivity contribution in [3.8, 4) is 11.3 Å². The topological polar surface area (TPSA) is 56.2 Å². The number of aromatic nitrogens is 3.